The molecule has 13 heteroatoms. The Kier molecular flexibility index (Phi) is 17.9. The fourth-order valence-electron chi connectivity index (χ4n) is 11.9. The second-order valence-corrected chi connectivity index (χ2v) is 24.2. The normalized spacial score (nSPS) is 11.3. The van der Waals surface area contributed by atoms with E-state index in [1.807, 2.05) is 111 Å². The summed E-state index contributed by atoms with van der Waals surface area (Å²) in [4.78, 5) is 18.2. The third kappa shape index (κ3) is 13.1. The van der Waals surface area contributed by atoms with Crippen molar-refractivity contribution in [1.82, 2.24) is 19.9 Å². The zero-order valence-corrected chi connectivity index (χ0v) is 54.6. The first-order valence-electron chi connectivity index (χ1n) is 31.3. The first kappa shape index (κ1) is 62.2. The van der Waals surface area contributed by atoms with Crippen molar-refractivity contribution >= 4 is 44.4 Å². The third-order valence-electron chi connectivity index (χ3n) is 16.9. The predicted molar refractivity (Wildman–Crippen MR) is 366 cm³/mol. The van der Waals surface area contributed by atoms with Crippen LogP contribution in [0.15, 0.2) is 243 Å². The minimum atomic E-state index is -0.275. The molecule has 8 heterocycles. The first-order valence-corrected chi connectivity index (χ1v) is 31.3. The average molecular weight is 1230 g/mol. The molecule has 0 radical (unpaired) electrons. The molecule has 15 rings (SSSR count). The molecule has 0 N–H and O–H groups in total. The van der Waals surface area contributed by atoms with Crippen LogP contribution in [0.25, 0.3) is 124 Å². The van der Waals surface area contributed by atoms with Crippen LogP contribution in [-0.4, -0.2) is 19.9 Å². The molecular formula is C80H75FN8O4+4. The molecule has 12 nitrogen and oxygen atoms in total. The Bertz CT molecular complexity index is 5150. The largest absolute Gasteiger partial charge is 0.436 e. The van der Waals surface area contributed by atoms with Crippen molar-refractivity contribution in [1.29, 1.82) is 0 Å². The monoisotopic (exact) mass is 1230 g/mol. The lowest BCUT2D eigenvalue weighted by molar-refractivity contribution is -0.659. The van der Waals surface area contributed by atoms with Gasteiger partial charge in [-0.2, -0.15) is 18.3 Å². The Morgan fingerprint density at radius 3 is 1.20 bits per heavy atom. The van der Waals surface area contributed by atoms with E-state index in [1.165, 1.54) is 68.6 Å². The number of pyridine rings is 4. The quantitative estimate of drug-likeness (QED) is 0.131. The van der Waals surface area contributed by atoms with Crippen LogP contribution in [0, 0.1) is 33.5 Å². The Balaban J connectivity index is 0.000000121. The topological polar surface area (TPSA) is 120 Å². The molecule has 93 heavy (non-hydrogen) atoms. The van der Waals surface area contributed by atoms with Crippen molar-refractivity contribution in [3.63, 3.8) is 0 Å². The number of nitrogens with zero attached hydrogens (tertiary/aromatic N) is 8. The fraction of sp³-hybridized carbons (Fsp3) is 0.175. The van der Waals surface area contributed by atoms with E-state index >= 15 is 0 Å². The maximum absolute atomic E-state index is 13.1. The number of aromatic nitrogens is 8. The van der Waals surface area contributed by atoms with Gasteiger partial charge in [-0.15, -0.1) is 0 Å². The smallest absolute Gasteiger partial charge is 0.257 e. The molecule has 0 unspecified atom stereocenters. The highest BCUT2D eigenvalue weighted by molar-refractivity contribution is 5.87. The van der Waals surface area contributed by atoms with Gasteiger partial charge in [0.05, 0.1) is 23.8 Å². The lowest BCUT2D eigenvalue weighted by Crippen LogP contribution is -2.30. The van der Waals surface area contributed by atoms with Gasteiger partial charge in [-0.3, -0.25) is 0 Å². The molecule has 0 saturated heterocycles. The SMILES string of the molecule is Cc1ccccc1-c1c2ocnc2cc[n+]1C.Cc1ccccc1-c1cc2oc(-c3c(C(C)C)cccc3C(C)C)nc2c[n+]1C.Cc1ccccc1-c1cc2oc(-c3ccc(F)cc3)nc2c[n+]1C.Cc1ccccc1-c1cc2oc(-c3ccccc3)nc2c[n+]1C. The van der Waals surface area contributed by atoms with Crippen LogP contribution in [0.2, 0.25) is 0 Å². The van der Waals surface area contributed by atoms with Crippen LogP contribution in [0.1, 0.15) is 72.9 Å². The van der Waals surface area contributed by atoms with Gasteiger partial charge in [0.1, 0.15) is 39.5 Å². The summed E-state index contributed by atoms with van der Waals surface area (Å²) in [6, 6.07) is 64.1. The number of oxazole rings is 4. The van der Waals surface area contributed by atoms with Crippen LogP contribution in [0.4, 0.5) is 4.39 Å². The highest BCUT2D eigenvalue weighted by atomic mass is 19.1. The minimum Gasteiger partial charge on any atom is -0.436 e. The summed E-state index contributed by atoms with van der Waals surface area (Å²) in [5.41, 5.74) is 26.1. The molecule has 15 aromatic rings. The van der Waals surface area contributed by atoms with Crippen molar-refractivity contribution in [2.24, 2.45) is 28.2 Å². The molecule has 0 fully saturated rings. The Labute approximate surface area is 541 Å². The first-order chi connectivity index (χ1) is 45.0. The molecule has 0 amide bonds. The third-order valence-corrected chi connectivity index (χ3v) is 16.9. The van der Waals surface area contributed by atoms with E-state index < -0.39 is 0 Å². The summed E-state index contributed by atoms with van der Waals surface area (Å²) in [6.07, 6.45) is 9.54. The van der Waals surface area contributed by atoms with Crippen molar-refractivity contribution in [3.05, 3.63) is 265 Å². The lowest BCUT2D eigenvalue weighted by Gasteiger charge is -2.17. The van der Waals surface area contributed by atoms with Gasteiger partial charge in [-0.05, 0) is 134 Å². The van der Waals surface area contributed by atoms with Crippen LogP contribution in [-0.2, 0) is 28.2 Å². The minimum absolute atomic E-state index is 0.275. The number of hydrogen-bond donors (Lipinski definition) is 0. The summed E-state index contributed by atoms with van der Waals surface area (Å²) in [7, 11) is 8.12. The van der Waals surface area contributed by atoms with Gasteiger partial charge in [-0.1, -0.05) is 137 Å². The Hall–Kier alpha value is -11.1. The summed E-state index contributed by atoms with van der Waals surface area (Å²) in [5, 5.41) is 0. The molecule has 0 spiro atoms. The van der Waals surface area contributed by atoms with E-state index in [9.17, 15) is 4.39 Å². The van der Waals surface area contributed by atoms with E-state index in [2.05, 4.69) is 200 Å². The highest BCUT2D eigenvalue weighted by Crippen LogP contribution is 2.38. The van der Waals surface area contributed by atoms with Gasteiger partial charge in [0.15, 0.2) is 64.5 Å². The molecule has 0 aliphatic rings. The lowest BCUT2D eigenvalue weighted by atomic mass is 9.88. The number of benzene rings is 7. The van der Waals surface area contributed by atoms with E-state index in [0.29, 0.717) is 29.2 Å². The van der Waals surface area contributed by atoms with E-state index in [1.54, 1.807) is 12.1 Å². The fourth-order valence-corrected chi connectivity index (χ4v) is 11.9. The van der Waals surface area contributed by atoms with Crippen molar-refractivity contribution in [2.75, 3.05) is 0 Å². The zero-order valence-electron chi connectivity index (χ0n) is 54.6. The Morgan fingerprint density at radius 2 is 0.774 bits per heavy atom. The molecule has 7 aromatic carbocycles. The van der Waals surface area contributed by atoms with Crippen LogP contribution in [0.5, 0.6) is 0 Å². The van der Waals surface area contributed by atoms with Gasteiger partial charge >= 0.3 is 0 Å². The van der Waals surface area contributed by atoms with Gasteiger partial charge < -0.3 is 17.7 Å². The standard InChI is InChI=1S/C26H29N2O.C20H16FN2O.C20H17N2O.C14H13N2O/c1-16(2)19-12-9-13-20(17(3)4)25(19)26-27-22-15-28(6)23(14-24(22)29-26)21-11-8-7-10-18(21)5;1-13-5-3-4-6-16(13)18-11-19-17(12-23(18)2)22-20(24-19)14-7-9-15(21)10-8-14;1-14-8-6-7-11-16(14)18-12-19-17(13-22(18)2)21-20(23-19)15-9-4-3-5-10-15;1-10-5-3-4-6-11(10)13-14-12(15-9-17-14)7-8-16(13)2/h7-17H,1-6H3;3-12H,1-2H3;3-13H,1-2H3;3-9H,1-2H3/q4*+1. The van der Waals surface area contributed by atoms with Gasteiger partial charge in [0.2, 0.25) is 40.3 Å². The van der Waals surface area contributed by atoms with Gasteiger partial charge in [0.25, 0.3) is 5.69 Å². The van der Waals surface area contributed by atoms with E-state index in [-0.39, 0.29) is 5.82 Å². The summed E-state index contributed by atoms with van der Waals surface area (Å²) in [6.45, 7) is 17.3. The number of halogens is 1. The molecule has 0 aliphatic heterocycles. The summed E-state index contributed by atoms with van der Waals surface area (Å²) in [5.74, 6) is 2.39. The molecule has 462 valence electrons. The molecule has 8 aromatic heterocycles. The van der Waals surface area contributed by atoms with Crippen LogP contribution < -0.4 is 18.3 Å². The second kappa shape index (κ2) is 26.8. The maximum atomic E-state index is 13.1. The van der Waals surface area contributed by atoms with Crippen LogP contribution >= 0.6 is 0 Å². The van der Waals surface area contributed by atoms with E-state index in [4.69, 9.17) is 22.7 Å². The second-order valence-electron chi connectivity index (χ2n) is 24.2. The van der Waals surface area contributed by atoms with E-state index in [0.717, 1.165) is 89.7 Å². The maximum Gasteiger partial charge on any atom is 0.257 e. The van der Waals surface area contributed by atoms with Crippen molar-refractivity contribution < 1.29 is 40.3 Å². The molecule has 0 atom stereocenters. The summed E-state index contributed by atoms with van der Waals surface area (Å²) < 4.78 is 45.2. The summed E-state index contributed by atoms with van der Waals surface area (Å²) >= 11 is 0. The number of aryl methyl sites for hydroxylation is 8. The van der Waals surface area contributed by atoms with Crippen LogP contribution in [0.3, 0.4) is 0 Å². The predicted octanol–water partition coefficient (Wildman–Crippen LogP) is 17.9. The van der Waals surface area contributed by atoms with Gasteiger partial charge in [-0.25, -0.2) is 24.3 Å². The molecule has 0 bridgehead atoms. The average Bonchev–Trinajstić information content (AvgIpc) is 1.69. The number of hydrogen-bond acceptors (Lipinski definition) is 8. The molecule has 0 aliphatic carbocycles. The zero-order chi connectivity index (χ0) is 65.0. The molecular weight excluding hydrogens is 1160 g/mol. The number of fused-ring (bicyclic) bond motifs is 4. The number of rotatable bonds is 9. The highest BCUT2D eigenvalue weighted by Gasteiger charge is 2.25. The van der Waals surface area contributed by atoms with Gasteiger partial charge in [0, 0.05) is 39.4 Å². The molecule has 0 saturated carbocycles. The van der Waals surface area contributed by atoms with Crippen molar-refractivity contribution in [3.8, 4) is 79.4 Å². The Morgan fingerprint density at radius 1 is 0.387 bits per heavy atom. The van der Waals surface area contributed by atoms with Crippen molar-refractivity contribution in [2.45, 2.75) is 67.2 Å².